The number of H-pyrrole nitrogens is 1. The largest absolute Gasteiger partial charge is 0.453 e. The summed E-state index contributed by atoms with van der Waals surface area (Å²) in [6.07, 6.45) is 4.23. The number of nitrogens with zero attached hydrogens (tertiary/aromatic N) is 4. The molecule has 12 heteroatoms. The van der Waals surface area contributed by atoms with E-state index in [1.165, 1.54) is 7.11 Å². The van der Waals surface area contributed by atoms with Crippen molar-refractivity contribution >= 4 is 40.0 Å². The van der Waals surface area contributed by atoms with E-state index in [9.17, 15) is 23.2 Å². The maximum atomic E-state index is 14.8. The molecule has 2 fully saturated rings. The van der Waals surface area contributed by atoms with E-state index < -0.39 is 43.0 Å². The maximum absolute atomic E-state index is 14.8. The highest BCUT2D eigenvalue weighted by atomic mass is 19.3. The standard InChI is InChI=1S/C40H46F2N6O4/c1-23(2)25(5)37(49)47-15-7-8-33(47)36-44-21-31(45-36)14-10-26-9-11-28-17-29(13-12-27(28)16-26)30-18-32(43-20-30)34-19-40(41,42)22-48(34)38(50)35(24(3)4)46-39(51)52-6/h9,11-13,16-17,20-21,23-25,33-35H,7-8,15,18-19,22H2,1-6H3,(H,44,45)(H,46,51)/t25-,33-,34-,35?/m0/s1. The summed E-state index contributed by atoms with van der Waals surface area (Å²) in [5.41, 5.74) is 3.79. The molecular formula is C40H46F2N6O4. The van der Waals surface area contributed by atoms with Crippen molar-refractivity contribution in [3.05, 3.63) is 71.4 Å². The van der Waals surface area contributed by atoms with Crippen LogP contribution in [0, 0.1) is 29.6 Å². The van der Waals surface area contributed by atoms with Crippen molar-refractivity contribution in [2.24, 2.45) is 22.7 Å². The highest BCUT2D eigenvalue weighted by Crippen LogP contribution is 2.38. The van der Waals surface area contributed by atoms with Gasteiger partial charge < -0.3 is 24.8 Å². The van der Waals surface area contributed by atoms with Crippen molar-refractivity contribution in [3.8, 4) is 11.8 Å². The van der Waals surface area contributed by atoms with E-state index in [-0.39, 0.29) is 29.7 Å². The molecule has 2 aromatic carbocycles. The van der Waals surface area contributed by atoms with Gasteiger partial charge in [-0.05, 0) is 70.7 Å². The zero-order valence-electron chi connectivity index (χ0n) is 30.5. The molecule has 4 heterocycles. The van der Waals surface area contributed by atoms with Gasteiger partial charge in [-0.25, -0.2) is 18.6 Å². The number of aromatic amines is 1. The van der Waals surface area contributed by atoms with Gasteiger partial charge in [-0.15, -0.1) is 0 Å². The van der Waals surface area contributed by atoms with Crippen molar-refractivity contribution in [2.75, 3.05) is 20.2 Å². The number of alkyl carbamates (subject to hydrolysis) is 1. The first-order valence-electron chi connectivity index (χ1n) is 17.9. The summed E-state index contributed by atoms with van der Waals surface area (Å²) < 4.78 is 34.2. The number of aliphatic imine (C=N–C) groups is 1. The minimum absolute atomic E-state index is 0.0441. The third-order valence-corrected chi connectivity index (χ3v) is 10.5. The summed E-state index contributed by atoms with van der Waals surface area (Å²) >= 11 is 0. The van der Waals surface area contributed by atoms with Crippen LogP contribution in [0.1, 0.15) is 89.0 Å². The lowest BCUT2D eigenvalue weighted by molar-refractivity contribution is -0.137. The van der Waals surface area contributed by atoms with Crippen LogP contribution in [0.5, 0.6) is 0 Å². The molecular weight excluding hydrogens is 666 g/mol. The number of ether oxygens (including phenoxy) is 1. The molecule has 0 aliphatic carbocycles. The monoisotopic (exact) mass is 712 g/mol. The number of fused-ring (bicyclic) bond motifs is 1. The number of rotatable bonds is 8. The molecule has 2 N–H and O–H groups in total. The first-order valence-corrected chi connectivity index (χ1v) is 17.9. The SMILES string of the molecule is COC(=O)NC(C(=O)N1CC(F)(F)C[C@H]1C1=NC=C(c2ccc3cc(C#Cc4cnc([C@@H]5CCCN5C(=O)[C@@H](C)C(C)C)[nH]4)ccc3c2)C1)C(C)C. The Kier molecular flexibility index (Phi) is 10.5. The second-order valence-corrected chi connectivity index (χ2v) is 14.8. The molecule has 2 saturated heterocycles. The Morgan fingerprint density at radius 1 is 0.981 bits per heavy atom. The van der Waals surface area contributed by atoms with Crippen LogP contribution in [0.3, 0.4) is 0 Å². The molecule has 3 aromatic rings. The molecule has 0 saturated carbocycles. The van der Waals surface area contributed by atoms with Crippen LogP contribution in [0.25, 0.3) is 16.3 Å². The van der Waals surface area contributed by atoms with Crippen LogP contribution < -0.4 is 5.32 Å². The van der Waals surface area contributed by atoms with Gasteiger partial charge in [0.05, 0.1) is 31.9 Å². The van der Waals surface area contributed by atoms with Gasteiger partial charge in [0.2, 0.25) is 11.8 Å². The summed E-state index contributed by atoms with van der Waals surface area (Å²) in [6.45, 7) is 9.60. The first kappa shape index (κ1) is 36.7. The molecule has 0 bridgehead atoms. The van der Waals surface area contributed by atoms with Crippen LogP contribution >= 0.6 is 0 Å². The third kappa shape index (κ3) is 7.73. The van der Waals surface area contributed by atoms with Crippen molar-refractivity contribution < 1.29 is 27.9 Å². The topological polar surface area (TPSA) is 120 Å². The summed E-state index contributed by atoms with van der Waals surface area (Å²) in [5.74, 6) is 3.57. The highest BCUT2D eigenvalue weighted by molar-refractivity contribution is 6.04. The quantitative estimate of drug-likeness (QED) is 0.252. The van der Waals surface area contributed by atoms with Gasteiger partial charge in [0.1, 0.15) is 17.6 Å². The van der Waals surface area contributed by atoms with Crippen LogP contribution in [0.15, 0.2) is 53.8 Å². The Labute approximate surface area is 303 Å². The number of alkyl halides is 2. The number of carbonyl (C=O) groups excluding carboxylic acids is 3. The lowest BCUT2D eigenvalue weighted by atomic mass is 9.95. The molecule has 3 aliphatic heterocycles. The lowest BCUT2D eigenvalue weighted by Crippen LogP contribution is -2.54. The minimum atomic E-state index is -3.08. The Balaban J connectivity index is 1.12. The fourth-order valence-electron chi connectivity index (χ4n) is 7.15. The lowest BCUT2D eigenvalue weighted by Gasteiger charge is -2.30. The van der Waals surface area contributed by atoms with Crippen molar-refractivity contribution in [1.29, 1.82) is 0 Å². The van der Waals surface area contributed by atoms with Gasteiger partial charge >= 0.3 is 6.09 Å². The Hall–Kier alpha value is -5.05. The Bertz CT molecular complexity index is 1990. The van der Waals surface area contributed by atoms with Gasteiger partial charge in [0, 0.05) is 42.8 Å². The van der Waals surface area contributed by atoms with Crippen molar-refractivity contribution in [2.45, 2.75) is 84.4 Å². The van der Waals surface area contributed by atoms with Crippen LogP contribution in [0.2, 0.25) is 0 Å². The van der Waals surface area contributed by atoms with Crippen LogP contribution in [0.4, 0.5) is 13.6 Å². The van der Waals surface area contributed by atoms with E-state index in [1.807, 2.05) is 48.2 Å². The molecule has 4 atom stereocenters. The molecule has 6 rings (SSSR count). The van der Waals surface area contributed by atoms with E-state index in [1.54, 1.807) is 26.2 Å². The normalized spacial score (nSPS) is 20.8. The number of amides is 3. The smallest absolute Gasteiger partial charge is 0.407 e. The molecule has 274 valence electrons. The third-order valence-electron chi connectivity index (χ3n) is 10.5. The molecule has 52 heavy (non-hydrogen) atoms. The molecule has 3 amide bonds. The number of hydrogen-bond donors (Lipinski definition) is 2. The van der Waals surface area contributed by atoms with E-state index >= 15 is 0 Å². The van der Waals surface area contributed by atoms with Gasteiger partial charge in [-0.2, -0.15) is 0 Å². The zero-order chi connectivity index (χ0) is 37.3. The van der Waals surface area contributed by atoms with Crippen LogP contribution in [-0.4, -0.2) is 81.6 Å². The predicted octanol–water partition coefficient (Wildman–Crippen LogP) is 6.72. The van der Waals surface area contributed by atoms with Gasteiger partial charge in [0.15, 0.2) is 0 Å². The number of methoxy groups -OCH3 is 1. The van der Waals surface area contributed by atoms with Crippen molar-refractivity contribution in [3.63, 3.8) is 0 Å². The number of allylic oxidation sites excluding steroid dienone is 1. The van der Waals surface area contributed by atoms with Crippen LogP contribution in [-0.2, 0) is 14.3 Å². The van der Waals surface area contributed by atoms with Gasteiger partial charge in [-0.3, -0.25) is 14.6 Å². The molecule has 1 aromatic heterocycles. The van der Waals surface area contributed by atoms with E-state index in [0.29, 0.717) is 17.8 Å². The number of aromatic nitrogens is 2. The number of hydrogen-bond acceptors (Lipinski definition) is 6. The number of nitrogens with one attached hydrogen (secondary N) is 2. The van der Waals surface area contributed by atoms with Gasteiger partial charge in [-0.1, -0.05) is 58.7 Å². The number of imidazole rings is 1. The minimum Gasteiger partial charge on any atom is -0.453 e. The molecule has 0 spiro atoms. The summed E-state index contributed by atoms with van der Waals surface area (Å²) in [4.78, 5) is 54.0. The fourth-order valence-corrected chi connectivity index (χ4v) is 7.15. The van der Waals surface area contributed by atoms with E-state index in [4.69, 9.17) is 0 Å². The van der Waals surface area contributed by atoms with Crippen molar-refractivity contribution in [1.82, 2.24) is 25.1 Å². The first-order chi connectivity index (χ1) is 24.7. The predicted molar refractivity (Wildman–Crippen MR) is 195 cm³/mol. The molecule has 10 nitrogen and oxygen atoms in total. The fraction of sp³-hybridized carbons (Fsp3) is 0.475. The highest BCUT2D eigenvalue weighted by Gasteiger charge is 2.50. The number of halogens is 2. The summed E-state index contributed by atoms with van der Waals surface area (Å²) in [6, 6.07) is 9.99. The average Bonchev–Trinajstić information content (AvgIpc) is 3.94. The van der Waals surface area contributed by atoms with Gasteiger partial charge in [0.25, 0.3) is 5.92 Å². The number of benzene rings is 2. The second-order valence-electron chi connectivity index (χ2n) is 14.8. The van der Waals surface area contributed by atoms with E-state index in [2.05, 4.69) is 50.7 Å². The Morgan fingerprint density at radius 2 is 1.73 bits per heavy atom. The second kappa shape index (κ2) is 14.9. The molecule has 3 aliphatic rings. The summed E-state index contributed by atoms with van der Waals surface area (Å²) in [7, 11) is 1.19. The Morgan fingerprint density at radius 3 is 2.46 bits per heavy atom. The average molecular weight is 713 g/mol. The summed E-state index contributed by atoms with van der Waals surface area (Å²) in [5, 5.41) is 4.48. The maximum Gasteiger partial charge on any atom is 0.407 e. The number of carbonyl (C=O) groups is 3. The van der Waals surface area contributed by atoms with E-state index in [0.717, 1.165) is 57.6 Å². The molecule has 0 radical (unpaired) electrons. The molecule has 1 unspecified atom stereocenters. The zero-order valence-corrected chi connectivity index (χ0v) is 30.5. The number of likely N-dealkylation sites (tertiary alicyclic amines) is 2.